The van der Waals surface area contributed by atoms with Crippen LogP contribution in [-0.2, 0) is 17.6 Å². The van der Waals surface area contributed by atoms with E-state index in [0.717, 1.165) is 44.9 Å². The fraction of sp³-hybridized carbons (Fsp3) is 0.769. The molecule has 0 aliphatic rings. The maximum absolute atomic E-state index is 13.1. The zero-order valence-corrected chi connectivity index (χ0v) is 20.2. The Kier molecular flexibility index (Phi) is 12.1. The van der Waals surface area contributed by atoms with E-state index in [-0.39, 0.29) is 11.5 Å². The van der Waals surface area contributed by atoms with Gasteiger partial charge in [0.15, 0.2) is 0 Å². The molecule has 0 radical (unpaired) electrons. The topological polar surface area (TPSA) is 67.5 Å². The Morgan fingerprint density at radius 2 is 1.50 bits per heavy atom. The third-order valence-corrected chi connectivity index (χ3v) is 5.83. The fourth-order valence-corrected chi connectivity index (χ4v) is 3.85. The molecule has 0 spiro atoms. The largest absolute Gasteiger partial charge is 0.507 e. The van der Waals surface area contributed by atoms with E-state index in [1.54, 1.807) is 0 Å². The molecule has 0 aromatic carbocycles. The summed E-state index contributed by atoms with van der Waals surface area (Å²) in [5, 5.41) is 11.0. The number of hydrogen-bond acceptors (Lipinski definition) is 4. The normalized spacial score (nSPS) is 12.7. The Morgan fingerprint density at radius 3 is 2.07 bits per heavy atom. The molecule has 172 valence electrons. The Hall–Kier alpha value is -1.58. The summed E-state index contributed by atoms with van der Waals surface area (Å²) >= 11 is 0. The van der Waals surface area contributed by atoms with E-state index < -0.39 is 11.5 Å². The Bertz CT molecular complexity index is 700. The van der Waals surface area contributed by atoms with E-state index >= 15 is 0 Å². The summed E-state index contributed by atoms with van der Waals surface area (Å²) in [6, 6.07) is 0. The van der Waals surface area contributed by atoms with Gasteiger partial charge >= 0.3 is 5.63 Å². The van der Waals surface area contributed by atoms with E-state index in [1.165, 1.54) is 0 Å². The molecule has 0 amide bonds. The Balaban J connectivity index is 3.34. The summed E-state index contributed by atoms with van der Waals surface area (Å²) in [4.78, 5) is 25.9. The number of aromatic hydroxyl groups is 1. The van der Waals surface area contributed by atoms with Crippen molar-refractivity contribution in [2.24, 2.45) is 11.8 Å². The van der Waals surface area contributed by atoms with Crippen molar-refractivity contribution in [2.45, 2.75) is 118 Å². The highest BCUT2D eigenvalue weighted by Crippen LogP contribution is 2.35. The Morgan fingerprint density at radius 1 is 0.867 bits per heavy atom. The average Bonchev–Trinajstić information content (AvgIpc) is 2.67. The first-order valence-electron chi connectivity index (χ1n) is 12.1. The molecule has 4 heteroatoms. The minimum atomic E-state index is -0.472. The van der Waals surface area contributed by atoms with Crippen molar-refractivity contribution in [3.05, 3.63) is 27.3 Å². The highest BCUT2D eigenvalue weighted by molar-refractivity contribution is 5.85. The SMILES string of the molecule is CCCCc1c([C@H](CCCC)C(=O)CCCC(C)C)oc(=O)c(CCC(C)C)c1O. The van der Waals surface area contributed by atoms with Crippen molar-refractivity contribution in [2.75, 3.05) is 0 Å². The number of rotatable bonds is 15. The third kappa shape index (κ3) is 8.28. The van der Waals surface area contributed by atoms with Gasteiger partial charge in [-0.2, -0.15) is 0 Å². The maximum Gasteiger partial charge on any atom is 0.342 e. The van der Waals surface area contributed by atoms with Crippen LogP contribution >= 0.6 is 0 Å². The second-order valence-corrected chi connectivity index (χ2v) is 9.54. The molecule has 1 heterocycles. The number of unbranched alkanes of at least 4 members (excludes halogenated alkanes) is 2. The standard InChI is InChI=1S/C26H44O4/c1-7-9-13-20(23(27)15-11-12-18(3)4)25-21(14-10-8-2)24(28)22(26(29)30-25)17-16-19(5)6/h18-20,28H,7-17H2,1-6H3/t20-/m1/s1. The molecule has 0 saturated carbocycles. The van der Waals surface area contributed by atoms with Crippen LogP contribution in [0.3, 0.4) is 0 Å². The molecule has 1 rings (SSSR count). The van der Waals surface area contributed by atoms with Gasteiger partial charge in [-0.1, -0.05) is 67.2 Å². The zero-order chi connectivity index (χ0) is 22.7. The van der Waals surface area contributed by atoms with Crippen molar-refractivity contribution >= 4 is 5.78 Å². The summed E-state index contributed by atoms with van der Waals surface area (Å²) in [7, 11) is 0. The van der Waals surface area contributed by atoms with Crippen molar-refractivity contribution in [1.29, 1.82) is 0 Å². The van der Waals surface area contributed by atoms with Crippen molar-refractivity contribution in [3.8, 4) is 5.75 Å². The van der Waals surface area contributed by atoms with Gasteiger partial charge in [-0.15, -0.1) is 0 Å². The molecule has 0 aliphatic carbocycles. The number of carbonyl (C=O) groups is 1. The predicted octanol–water partition coefficient (Wildman–Crippen LogP) is 6.95. The van der Waals surface area contributed by atoms with Crippen LogP contribution in [-0.4, -0.2) is 10.9 Å². The van der Waals surface area contributed by atoms with Gasteiger partial charge < -0.3 is 9.52 Å². The van der Waals surface area contributed by atoms with Gasteiger partial charge in [0.25, 0.3) is 0 Å². The van der Waals surface area contributed by atoms with Crippen LogP contribution in [0.5, 0.6) is 5.75 Å². The van der Waals surface area contributed by atoms with Gasteiger partial charge in [0, 0.05) is 12.0 Å². The summed E-state index contributed by atoms with van der Waals surface area (Å²) < 4.78 is 5.82. The molecular weight excluding hydrogens is 376 g/mol. The first-order valence-corrected chi connectivity index (χ1v) is 12.1. The second kappa shape index (κ2) is 13.7. The highest BCUT2D eigenvalue weighted by Gasteiger charge is 2.29. The summed E-state index contributed by atoms with van der Waals surface area (Å²) in [6.07, 6.45) is 8.73. The molecule has 0 unspecified atom stereocenters. The van der Waals surface area contributed by atoms with Gasteiger partial charge in [-0.3, -0.25) is 4.79 Å². The smallest absolute Gasteiger partial charge is 0.342 e. The fourth-order valence-electron chi connectivity index (χ4n) is 3.85. The molecule has 4 nitrogen and oxygen atoms in total. The lowest BCUT2D eigenvalue weighted by atomic mass is 9.86. The van der Waals surface area contributed by atoms with Gasteiger partial charge in [0.1, 0.15) is 17.3 Å². The number of Topliss-reactive ketones (excluding diaryl/α,β-unsaturated/α-hetero) is 1. The molecule has 30 heavy (non-hydrogen) atoms. The van der Waals surface area contributed by atoms with Crippen LogP contribution in [0.25, 0.3) is 0 Å². The van der Waals surface area contributed by atoms with Gasteiger partial charge in [-0.25, -0.2) is 4.79 Å². The molecule has 1 aromatic rings. The van der Waals surface area contributed by atoms with Crippen LogP contribution in [0.1, 0.15) is 122 Å². The van der Waals surface area contributed by atoms with E-state index in [0.29, 0.717) is 54.4 Å². The van der Waals surface area contributed by atoms with Crippen LogP contribution in [0.15, 0.2) is 9.21 Å². The lowest BCUT2D eigenvalue weighted by molar-refractivity contribution is -0.121. The minimum Gasteiger partial charge on any atom is -0.507 e. The summed E-state index contributed by atoms with van der Waals surface area (Å²) in [5.74, 6) is 1.21. The second-order valence-electron chi connectivity index (χ2n) is 9.54. The van der Waals surface area contributed by atoms with E-state index in [4.69, 9.17) is 4.42 Å². The van der Waals surface area contributed by atoms with E-state index in [9.17, 15) is 14.7 Å². The van der Waals surface area contributed by atoms with Gasteiger partial charge in [0.05, 0.1) is 11.5 Å². The summed E-state index contributed by atoms with van der Waals surface area (Å²) in [5.41, 5.74) is 0.591. The monoisotopic (exact) mass is 420 g/mol. The van der Waals surface area contributed by atoms with Crippen LogP contribution in [0.2, 0.25) is 0 Å². The molecule has 0 fully saturated rings. The summed E-state index contributed by atoms with van der Waals surface area (Å²) in [6.45, 7) is 12.7. The lowest BCUT2D eigenvalue weighted by Gasteiger charge is -2.20. The highest BCUT2D eigenvalue weighted by atomic mass is 16.4. The van der Waals surface area contributed by atoms with Gasteiger partial charge in [0.2, 0.25) is 0 Å². The van der Waals surface area contributed by atoms with Crippen LogP contribution in [0.4, 0.5) is 0 Å². The third-order valence-electron chi connectivity index (χ3n) is 5.83. The Labute approximate surface area is 183 Å². The quantitative estimate of drug-likeness (QED) is 0.333. The van der Waals surface area contributed by atoms with E-state index in [2.05, 4.69) is 41.5 Å². The molecule has 1 N–H and O–H groups in total. The molecule has 1 aromatic heterocycles. The zero-order valence-electron chi connectivity index (χ0n) is 20.2. The number of carbonyl (C=O) groups excluding carboxylic acids is 1. The molecule has 0 aliphatic heterocycles. The predicted molar refractivity (Wildman–Crippen MR) is 124 cm³/mol. The van der Waals surface area contributed by atoms with Gasteiger partial charge in [-0.05, 0) is 50.4 Å². The van der Waals surface area contributed by atoms with Crippen molar-refractivity contribution in [1.82, 2.24) is 0 Å². The number of hydrogen-bond donors (Lipinski definition) is 1. The maximum atomic E-state index is 13.1. The van der Waals surface area contributed by atoms with E-state index in [1.807, 2.05) is 0 Å². The lowest BCUT2D eigenvalue weighted by Crippen LogP contribution is -2.20. The molecule has 1 atom stereocenters. The average molecular weight is 421 g/mol. The van der Waals surface area contributed by atoms with Crippen LogP contribution in [0, 0.1) is 11.8 Å². The van der Waals surface area contributed by atoms with Crippen LogP contribution < -0.4 is 5.63 Å². The molecule has 0 saturated heterocycles. The van der Waals surface area contributed by atoms with Crippen molar-refractivity contribution < 1.29 is 14.3 Å². The number of ketones is 1. The minimum absolute atomic E-state index is 0.0758. The first-order chi connectivity index (χ1) is 14.2. The van der Waals surface area contributed by atoms with Crippen molar-refractivity contribution in [3.63, 3.8) is 0 Å². The first kappa shape index (κ1) is 26.5. The molecule has 0 bridgehead atoms. The molecular formula is C26H44O4.